The lowest BCUT2D eigenvalue weighted by molar-refractivity contribution is -0.205. The van der Waals surface area contributed by atoms with Crippen LogP contribution in [0.3, 0.4) is 0 Å². The summed E-state index contributed by atoms with van der Waals surface area (Å²) in [6.07, 6.45) is 12.6. The van der Waals surface area contributed by atoms with Gasteiger partial charge in [0.15, 0.2) is 0 Å². The molecule has 186 valence electrons. The minimum atomic E-state index is -0.553. The van der Waals surface area contributed by atoms with Gasteiger partial charge in [-0.05, 0) is 109 Å². The van der Waals surface area contributed by atoms with Gasteiger partial charge in [0.2, 0.25) is 0 Å². The normalized spacial score (nSPS) is 52.4. The average molecular weight is 457 g/mol. The molecule has 2 N–H and O–H groups in total. The van der Waals surface area contributed by atoms with Crippen molar-refractivity contribution < 1.29 is 15.0 Å². The minimum Gasteiger partial charge on any atom is -0.481 e. The van der Waals surface area contributed by atoms with Gasteiger partial charge in [0, 0.05) is 0 Å². The second kappa shape index (κ2) is 6.89. The highest BCUT2D eigenvalue weighted by molar-refractivity contribution is 5.76. The quantitative estimate of drug-likeness (QED) is 0.409. The number of carbonyl (C=O) groups is 1. The van der Waals surface area contributed by atoms with Crippen LogP contribution in [0.2, 0.25) is 0 Å². The SMILES string of the molecule is CC1(C)CC[C@]2(C(=O)O)CCC3(C)C(=CCC4[C@@]5(C)CCC(O)C(C)(C)C5CC[C@]43C)C2C1. The Morgan fingerprint density at radius 3 is 2.21 bits per heavy atom. The zero-order chi connectivity index (χ0) is 24.2. The van der Waals surface area contributed by atoms with Gasteiger partial charge in [0.05, 0.1) is 11.5 Å². The second-order valence-corrected chi connectivity index (χ2v) is 15.1. The van der Waals surface area contributed by atoms with Gasteiger partial charge in [-0.1, -0.05) is 60.1 Å². The first-order valence-corrected chi connectivity index (χ1v) is 13.8. The molecule has 5 aliphatic rings. The van der Waals surface area contributed by atoms with Crippen LogP contribution in [0.4, 0.5) is 0 Å². The van der Waals surface area contributed by atoms with Gasteiger partial charge in [-0.3, -0.25) is 4.79 Å². The Balaban J connectivity index is 1.60. The van der Waals surface area contributed by atoms with Crippen molar-refractivity contribution in [3.8, 4) is 0 Å². The number of aliphatic hydroxyl groups excluding tert-OH is 1. The highest BCUT2D eigenvalue weighted by atomic mass is 16.4. The van der Waals surface area contributed by atoms with Gasteiger partial charge in [0.1, 0.15) is 0 Å². The number of carboxylic acids is 1. The lowest BCUT2D eigenvalue weighted by atomic mass is 9.33. The maximum absolute atomic E-state index is 12.8. The highest BCUT2D eigenvalue weighted by Crippen LogP contribution is 2.75. The summed E-state index contributed by atoms with van der Waals surface area (Å²) < 4.78 is 0. The minimum absolute atomic E-state index is 0.0301. The van der Waals surface area contributed by atoms with E-state index < -0.39 is 11.4 Å². The van der Waals surface area contributed by atoms with Crippen LogP contribution >= 0.6 is 0 Å². The standard InChI is InChI=1S/C30H48O3/c1-25(2)14-16-30(24(32)33)17-15-28(6)19(20(30)18-25)8-9-22-27(5)12-11-23(31)26(3,4)21(27)10-13-29(22,28)7/h8,20-23,31H,9-18H2,1-7H3,(H,32,33)/t20?,21?,22?,23?,27-,28?,29+,30-/m0/s1. The molecular weight excluding hydrogens is 408 g/mol. The van der Waals surface area contributed by atoms with Crippen molar-refractivity contribution in [1.82, 2.24) is 0 Å². The lowest BCUT2D eigenvalue weighted by Gasteiger charge is -2.71. The van der Waals surface area contributed by atoms with Crippen molar-refractivity contribution in [3.05, 3.63) is 11.6 Å². The Morgan fingerprint density at radius 1 is 0.879 bits per heavy atom. The Morgan fingerprint density at radius 2 is 1.55 bits per heavy atom. The molecular formula is C30H48O3. The van der Waals surface area contributed by atoms with Crippen LogP contribution in [-0.4, -0.2) is 22.3 Å². The number of fused-ring (bicyclic) bond motifs is 7. The van der Waals surface area contributed by atoms with Crippen LogP contribution < -0.4 is 0 Å². The van der Waals surface area contributed by atoms with Crippen molar-refractivity contribution in [2.24, 2.45) is 50.2 Å². The molecule has 5 aliphatic carbocycles. The summed E-state index contributed by atoms with van der Waals surface area (Å²) in [5.41, 5.74) is 1.68. The Labute approximate surface area is 201 Å². The van der Waals surface area contributed by atoms with E-state index in [1.165, 1.54) is 18.4 Å². The average Bonchev–Trinajstić information content (AvgIpc) is 2.71. The Hall–Kier alpha value is -0.830. The monoisotopic (exact) mass is 456 g/mol. The zero-order valence-corrected chi connectivity index (χ0v) is 22.3. The number of aliphatic carboxylic acids is 1. The van der Waals surface area contributed by atoms with Crippen LogP contribution in [0, 0.1) is 50.2 Å². The topological polar surface area (TPSA) is 57.5 Å². The number of carboxylic acid groups (broad SMARTS) is 1. The lowest BCUT2D eigenvalue weighted by Crippen LogP contribution is -2.65. The largest absolute Gasteiger partial charge is 0.481 e. The fourth-order valence-electron chi connectivity index (χ4n) is 10.6. The van der Waals surface area contributed by atoms with Crippen molar-refractivity contribution in [1.29, 1.82) is 0 Å². The summed E-state index contributed by atoms with van der Waals surface area (Å²) in [7, 11) is 0. The molecule has 0 spiro atoms. The molecule has 4 fully saturated rings. The van der Waals surface area contributed by atoms with E-state index in [1.807, 2.05) is 0 Å². The molecule has 0 radical (unpaired) electrons. The van der Waals surface area contributed by atoms with E-state index in [1.54, 1.807) is 0 Å². The van der Waals surface area contributed by atoms with E-state index in [9.17, 15) is 15.0 Å². The Kier molecular flexibility index (Phi) is 4.99. The van der Waals surface area contributed by atoms with Crippen LogP contribution in [0.25, 0.3) is 0 Å². The fraction of sp³-hybridized carbons (Fsp3) is 0.900. The van der Waals surface area contributed by atoms with Crippen LogP contribution in [0.15, 0.2) is 11.6 Å². The number of hydrogen-bond acceptors (Lipinski definition) is 2. The molecule has 0 amide bonds. The molecule has 0 heterocycles. The molecule has 0 aliphatic heterocycles. The summed E-state index contributed by atoms with van der Waals surface area (Å²) in [6.45, 7) is 16.9. The predicted molar refractivity (Wildman–Crippen MR) is 133 cm³/mol. The van der Waals surface area contributed by atoms with Crippen LogP contribution in [-0.2, 0) is 4.79 Å². The molecule has 3 nitrogen and oxygen atoms in total. The van der Waals surface area contributed by atoms with Crippen molar-refractivity contribution in [3.63, 3.8) is 0 Å². The molecule has 5 rings (SSSR count). The van der Waals surface area contributed by atoms with E-state index >= 15 is 0 Å². The van der Waals surface area contributed by atoms with Gasteiger partial charge >= 0.3 is 5.97 Å². The molecule has 0 aromatic carbocycles. The third-order valence-electron chi connectivity index (χ3n) is 13.0. The number of rotatable bonds is 1. The molecule has 3 heteroatoms. The van der Waals surface area contributed by atoms with Gasteiger partial charge in [0.25, 0.3) is 0 Å². The zero-order valence-electron chi connectivity index (χ0n) is 22.3. The van der Waals surface area contributed by atoms with Gasteiger partial charge in [-0.15, -0.1) is 0 Å². The maximum atomic E-state index is 12.8. The second-order valence-electron chi connectivity index (χ2n) is 15.1. The molecule has 0 aromatic heterocycles. The summed E-state index contributed by atoms with van der Waals surface area (Å²) >= 11 is 0. The molecule has 33 heavy (non-hydrogen) atoms. The molecule has 0 aromatic rings. The first-order chi connectivity index (χ1) is 15.1. The Bertz CT molecular complexity index is 885. The molecule has 4 saturated carbocycles. The summed E-state index contributed by atoms with van der Waals surface area (Å²) in [6, 6.07) is 0. The number of allylic oxidation sites excluding steroid dienone is 2. The summed E-state index contributed by atoms with van der Waals surface area (Å²) in [5.74, 6) is 0.807. The van der Waals surface area contributed by atoms with Gasteiger partial charge in [-0.2, -0.15) is 0 Å². The van der Waals surface area contributed by atoms with E-state index in [2.05, 4.69) is 54.5 Å². The first kappa shape index (κ1) is 23.9. The van der Waals surface area contributed by atoms with Crippen molar-refractivity contribution >= 4 is 5.97 Å². The van der Waals surface area contributed by atoms with Crippen LogP contribution in [0.5, 0.6) is 0 Å². The van der Waals surface area contributed by atoms with E-state index in [-0.39, 0.29) is 39.1 Å². The highest BCUT2D eigenvalue weighted by Gasteiger charge is 2.69. The van der Waals surface area contributed by atoms with Crippen molar-refractivity contribution in [2.45, 2.75) is 119 Å². The molecule has 5 unspecified atom stereocenters. The summed E-state index contributed by atoms with van der Waals surface area (Å²) in [4.78, 5) is 12.8. The molecule has 0 bridgehead atoms. The predicted octanol–water partition coefficient (Wildman–Crippen LogP) is 7.23. The molecule has 8 atom stereocenters. The maximum Gasteiger partial charge on any atom is 0.310 e. The van der Waals surface area contributed by atoms with Crippen molar-refractivity contribution in [2.75, 3.05) is 0 Å². The fourth-order valence-corrected chi connectivity index (χ4v) is 10.6. The number of hydrogen-bond donors (Lipinski definition) is 2. The van der Waals surface area contributed by atoms with Crippen LogP contribution in [0.1, 0.15) is 113 Å². The summed E-state index contributed by atoms with van der Waals surface area (Å²) in [5, 5.41) is 21.4. The van der Waals surface area contributed by atoms with Gasteiger partial charge < -0.3 is 10.2 Å². The van der Waals surface area contributed by atoms with E-state index in [4.69, 9.17) is 0 Å². The van der Waals surface area contributed by atoms with E-state index in [0.717, 1.165) is 51.4 Å². The van der Waals surface area contributed by atoms with E-state index in [0.29, 0.717) is 11.8 Å². The third-order valence-corrected chi connectivity index (χ3v) is 13.0. The number of aliphatic hydroxyl groups is 1. The third kappa shape index (κ3) is 2.87. The first-order valence-electron chi connectivity index (χ1n) is 13.8. The smallest absolute Gasteiger partial charge is 0.310 e. The van der Waals surface area contributed by atoms with Gasteiger partial charge in [-0.25, -0.2) is 0 Å². The molecule has 0 saturated heterocycles.